The van der Waals surface area contributed by atoms with Crippen molar-refractivity contribution in [1.29, 1.82) is 0 Å². The first kappa shape index (κ1) is 13.5. The van der Waals surface area contributed by atoms with Gasteiger partial charge in [0, 0.05) is 13.1 Å². The van der Waals surface area contributed by atoms with Gasteiger partial charge in [0.05, 0.1) is 13.2 Å². The topological polar surface area (TPSA) is 79.3 Å². The molecule has 0 spiro atoms. The van der Waals surface area contributed by atoms with E-state index >= 15 is 0 Å². The van der Waals surface area contributed by atoms with Gasteiger partial charge in [0.15, 0.2) is 11.6 Å². The Kier molecular flexibility index (Phi) is 5.48. The van der Waals surface area contributed by atoms with Crippen LogP contribution < -0.4 is 15.4 Å². The highest BCUT2D eigenvalue weighted by Crippen LogP contribution is 2.28. The number of aliphatic hydroxyl groups excluding tert-OH is 1. The van der Waals surface area contributed by atoms with E-state index in [4.69, 9.17) is 4.74 Å². The molecule has 3 N–H and O–H groups in total. The second-order valence-electron chi connectivity index (χ2n) is 3.76. The van der Waals surface area contributed by atoms with Crippen molar-refractivity contribution in [2.24, 2.45) is 0 Å². The zero-order valence-corrected chi connectivity index (χ0v) is 10.5. The van der Waals surface area contributed by atoms with Crippen LogP contribution in [0.15, 0.2) is 6.33 Å². The molecule has 1 atom stereocenters. The maximum Gasteiger partial charge on any atom is 0.204 e. The first-order valence-corrected chi connectivity index (χ1v) is 5.73. The van der Waals surface area contributed by atoms with Gasteiger partial charge in [-0.25, -0.2) is 9.97 Å². The molecule has 0 fully saturated rings. The van der Waals surface area contributed by atoms with Crippen LogP contribution in [0, 0.1) is 0 Å². The van der Waals surface area contributed by atoms with Crippen LogP contribution in [0.2, 0.25) is 0 Å². The van der Waals surface area contributed by atoms with E-state index in [1.807, 2.05) is 0 Å². The Morgan fingerprint density at radius 3 is 2.53 bits per heavy atom. The molecule has 0 aliphatic rings. The summed E-state index contributed by atoms with van der Waals surface area (Å²) in [6.45, 7) is 5.02. The van der Waals surface area contributed by atoms with Gasteiger partial charge >= 0.3 is 0 Å². The summed E-state index contributed by atoms with van der Waals surface area (Å²) >= 11 is 0. The van der Waals surface area contributed by atoms with Crippen LogP contribution in [0.3, 0.4) is 0 Å². The highest BCUT2D eigenvalue weighted by atomic mass is 16.5. The molecule has 0 saturated heterocycles. The number of ether oxygens (including phenoxy) is 1. The van der Waals surface area contributed by atoms with Gasteiger partial charge in [-0.2, -0.15) is 0 Å². The van der Waals surface area contributed by atoms with Crippen molar-refractivity contribution >= 4 is 11.6 Å². The lowest BCUT2D eigenvalue weighted by Crippen LogP contribution is -2.17. The van der Waals surface area contributed by atoms with Crippen molar-refractivity contribution in [2.75, 3.05) is 30.8 Å². The molecule has 0 saturated carbocycles. The predicted octanol–water partition coefficient (Wildman–Crippen LogP) is 1.10. The van der Waals surface area contributed by atoms with Gasteiger partial charge in [-0.1, -0.05) is 6.92 Å². The third-order valence-corrected chi connectivity index (χ3v) is 2.12. The second kappa shape index (κ2) is 6.90. The monoisotopic (exact) mass is 240 g/mol. The molecule has 1 heterocycles. The number of hydrogen-bond donors (Lipinski definition) is 3. The molecule has 6 nitrogen and oxygen atoms in total. The Morgan fingerprint density at radius 1 is 1.35 bits per heavy atom. The molecule has 17 heavy (non-hydrogen) atoms. The van der Waals surface area contributed by atoms with Crippen molar-refractivity contribution in [1.82, 2.24) is 9.97 Å². The van der Waals surface area contributed by atoms with Crippen LogP contribution >= 0.6 is 0 Å². The molecule has 1 aromatic rings. The Labute approximate surface area is 101 Å². The number of hydrogen-bond acceptors (Lipinski definition) is 6. The fourth-order valence-corrected chi connectivity index (χ4v) is 1.31. The maximum absolute atomic E-state index is 9.23. The van der Waals surface area contributed by atoms with Crippen molar-refractivity contribution in [2.45, 2.75) is 26.4 Å². The van der Waals surface area contributed by atoms with E-state index in [1.54, 1.807) is 14.0 Å². The number of nitrogens with zero attached hydrogens (tertiary/aromatic N) is 2. The Hall–Kier alpha value is -1.56. The zero-order valence-electron chi connectivity index (χ0n) is 10.5. The minimum Gasteiger partial charge on any atom is -0.490 e. The molecule has 0 bridgehead atoms. The fourth-order valence-electron chi connectivity index (χ4n) is 1.31. The van der Waals surface area contributed by atoms with Gasteiger partial charge < -0.3 is 20.5 Å². The summed E-state index contributed by atoms with van der Waals surface area (Å²) in [6, 6.07) is 0. The minimum atomic E-state index is -0.443. The molecule has 1 unspecified atom stereocenters. The lowest BCUT2D eigenvalue weighted by molar-refractivity contribution is 0.208. The fraction of sp³-hybridized carbons (Fsp3) is 0.636. The van der Waals surface area contributed by atoms with E-state index in [2.05, 4.69) is 27.5 Å². The highest BCUT2D eigenvalue weighted by molar-refractivity contribution is 5.63. The number of anilines is 2. The molecule has 0 aromatic carbocycles. The normalized spacial score (nSPS) is 12.0. The smallest absolute Gasteiger partial charge is 0.204 e. The van der Waals surface area contributed by atoms with E-state index in [1.165, 1.54) is 6.33 Å². The van der Waals surface area contributed by atoms with Gasteiger partial charge in [-0.15, -0.1) is 0 Å². The number of nitrogens with one attached hydrogen (secondary N) is 2. The van der Waals surface area contributed by atoms with E-state index in [9.17, 15) is 5.11 Å². The van der Waals surface area contributed by atoms with Gasteiger partial charge in [0.2, 0.25) is 5.75 Å². The molecule has 0 radical (unpaired) electrons. The predicted molar refractivity (Wildman–Crippen MR) is 67.5 cm³/mol. The van der Waals surface area contributed by atoms with E-state index in [0.29, 0.717) is 23.9 Å². The van der Waals surface area contributed by atoms with Gasteiger partial charge in [0.25, 0.3) is 0 Å². The molecule has 96 valence electrons. The summed E-state index contributed by atoms with van der Waals surface area (Å²) in [5.74, 6) is 1.82. The third kappa shape index (κ3) is 4.07. The van der Waals surface area contributed by atoms with E-state index < -0.39 is 6.10 Å². The largest absolute Gasteiger partial charge is 0.490 e. The minimum absolute atomic E-state index is 0.417. The van der Waals surface area contributed by atoms with Crippen LogP contribution in [0.5, 0.6) is 5.75 Å². The van der Waals surface area contributed by atoms with Crippen molar-refractivity contribution in [3.63, 3.8) is 0 Å². The summed E-state index contributed by atoms with van der Waals surface area (Å²) in [4.78, 5) is 8.22. The number of rotatable bonds is 7. The number of aliphatic hydroxyl groups is 1. The average Bonchev–Trinajstić information content (AvgIpc) is 2.33. The highest BCUT2D eigenvalue weighted by Gasteiger charge is 2.11. The van der Waals surface area contributed by atoms with E-state index in [-0.39, 0.29) is 0 Å². The standard InChI is InChI=1S/C11H20N4O2/c1-4-5-12-10-9(17-3)11(15-7-14-10)13-6-8(2)16/h7-8,16H,4-6H2,1-3H3,(H2,12,13,14,15). The number of methoxy groups -OCH3 is 1. The molecule has 6 heteroatoms. The second-order valence-corrected chi connectivity index (χ2v) is 3.76. The van der Waals surface area contributed by atoms with Crippen molar-refractivity contribution < 1.29 is 9.84 Å². The average molecular weight is 240 g/mol. The molecular formula is C11H20N4O2. The summed E-state index contributed by atoms with van der Waals surface area (Å²) < 4.78 is 5.27. The van der Waals surface area contributed by atoms with Crippen LogP contribution in [0.4, 0.5) is 11.6 Å². The van der Waals surface area contributed by atoms with Crippen LogP contribution in [-0.4, -0.2) is 41.4 Å². The van der Waals surface area contributed by atoms with Gasteiger partial charge in [-0.3, -0.25) is 0 Å². The summed E-state index contributed by atoms with van der Waals surface area (Å²) in [7, 11) is 1.57. The first-order valence-electron chi connectivity index (χ1n) is 5.73. The lowest BCUT2D eigenvalue weighted by atomic mass is 10.4. The van der Waals surface area contributed by atoms with Gasteiger partial charge in [0.1, 0.15) is 6.33 Å². The van der Waals surface area contributed by atoms with Crippen molar-refractivity contribution in [3.8, 4) is 5.75 Å². The Morgan fingerprint density at radius 2 is 2.00 bits per heavy atom. The Bertz CT molecular complexity index is 344. The summed E-state index contributed by atoms with van der Waals surface area (Å²) in [5.41, 5.74) is 0. The third-order valence-electron chi connectivity index (χ3n) is 2.12. The first-order chi connectivity index (χ1) is 8.19. The Balaban J connectivity index is 2.81. The van der Waals surface area contributed by atoms with Gasteiger partial charge in [-0.05, 0) is 13.3 Å². The molecular weight excluding hydrogens is 220 g/mol. The maximum atomic E-state index is 9.23. The van der Waals surface area contributed by atoms with Crippen LogP contribution in [0.1, 0.15) is 20.3 Å². The number of aromatic nitrogens is 2. The van der Waals surface area contributed by atoms with Crippen LogP contribution in [-0.2, 0) is 0 Å². The molecule has 0 aliphatic heterocycles. The van der Waals surface area contributed by atoms with Crippen molar-refractivity contribution in [3.05, 3.63) is 6.33 Å². The summed E-state index contributed by atoms with van der Waals surface area (Å²) in [5, 5.41) is 15.4. The molecule has 1 rings (SSSR count). The van der Waals surface area contributed by atoms with E-state index in [0.717, 1.165) is 13.0 Å². The lowest BCUT2D eigenvalue weighted by Gasteiger charge is -2.14. The zero-order chi connectivity index (χ0) is 12.7. The summed E-state index contributed by atoms with van der Waals surface area (Å²) in [6.07, 6.45) is 2.02. The SMILES string of the molecule is CCCNc1ncnc(NCC(C)O)c1OC. The van der Waals surface area contributed by atoms with Crippen LogP contribution in [0.25, 0.3) is 0 Å². The molecule has 1 aromatic heterocycles. The molecule has 0 amide bonds. The molecule has 0 aliphatic carbocycles. The quantitative estimate of drug-likeness (QED) is 0.662.